The third-order valence-corrected chi connectivity index (χ3v) is 12.3. The molecule has 0 unspecified atom stereocenters. The molecule has 3 aromatic rings. The highest BCUT2D eigenvalue weighted by molar-refractivity contribution is 6.06. The third-order valence-electron chi connectivity index (χ3n) is 12.3. The van der Waals surface area contributed by atoms with E-state index in [2.05, 4.69) is 62.1 Å². The van der Waals surface area contributed by atoms with E-state index in [1.165, 1.54) is 21.3 Å². The molecule has 6 amide bonds. The predicted molar refractivity (Wildman–Crippen MR) is 268 cm³/mol. The van der Waals surface area contributed by atoms with Crippen LogP contribution in [0.1, 0.15) is 62.1 Å². The summed E-state index contributed by atoms with van der Waals surface area (Å²) in [6.07, 6.45) is 0. The van der Waals surface area contributed by atoms with E-state index >= 15 is 0 Å². The first-order valence-corrected chi connectivity index (χ1v) is 24.1. The summed E-state index contributed by atoms with van der Waals surface area (Å²) in [6, 6.07) is 14.5. The Bertz CT molecular complexity index is 2160. The van der Waals surface area contributed by atoms with Crippen LogP contribution < -0.4 is 56.7 Å². The largest absolute Gasteiger partial charge is 0.495 e. The van der Waals surface area contributed by atoms with Crippen LogP contribution in [0.4, 0.5) is 0 Å². The minimum absolute atomic E-state index is 0.131. The summed E-state index contributed by atoms with van der Waals surface area (Å²) in [5.41, 5.74) is 1.19. The van der Waals surface area contributed by atoms with Gasteiger partial charge in [-0.05, 0) is 43.4 Å². The Morgan fingerprint density at radius 3 is 0.986 bits per heavy atom. The molecule has 388 valence electrons. The standard InChI is InChI=1S/C49H72N12O10/c1-50-14-22-58-24-16-52-44(63)35-8-5-9-36(41(35)69-2)45(64)53-17-25-59(23-15-51-34-62)31-33-61-28-20-56-48(67)39-12-6-10-37(42(39)70-3)46(65)54-18-26-60(32-30-58)27-19-55-47(66)38-11-7-13-40(43(38)71-4)49(68)57-21-29-61/h5-13,50-51,62H,14-34H2,1-4H3,(H,52,63)(H,53,64)(H,54,65)(H,55,66)(H,56,67)(H,57,68). The summed E-state index contributed by atoms with van der Waals surface area (Å²) in [4.78, 5) is 91.0. The Morgan fingerprint density at radius 2 is 0.718 bits per heavy atom. The minimum Gasteiger partial charge on any atom is -0.495 e. The molecule has 0 saturated heterocycles. The van der Waals surface area contributed by atoms with Gasteiger partial charge in [-0.25, -0.2) is 0 Å². The molecule has 0 aromatic heterocycles. The second kappa shape index (κ2) is 29.7. The fraction of sp³-hybridized carbons (Fsp3) is 0.510. The number of aliphatic hydroxyl groups is 1. The number of nitrogens with zero attached hydrogens (tertiary/aromatic N) is 4. The monoisotopic (exact) mass is 989 g/mol. The number of hydrogen-bond donors (Lipinski definition) is 9. The average molecular weight is 989 g/mol. The summed E-state index contributed by atoms with van der Waals surface area (Å²) in [7, 11) is 6.10. The van der Waals surface area contributed by atoms with Crippen molar-refractivity contribution in [2.45, 2.75) is 0 Å². The van der Waals surface area contributed by atoms with Crippen LogP contribution in [0.2, 0.25) is 0 Å². The lowest BCUT2D eigenvalue weighted by atomic mass is 10.1. The lowest BCUT2D eigenvalue weighted by Crippen LogP contribution is -2.46. The smallest absolute Gasteiger partial charge is 0.255 e. The van der Waals surface area contributed by atoms with Gasteiger partial charge in [-0.15, -0.1) is 0 Å². The molecule has 22 heteroatoms. The second-order valence-corrected chi connectivity index (χ2v) is 16.8. The molecule has 3 aliphatic heterocycles. The molecule has 3 aromatic carbocycles. The van der Waals surface area contributed by atoms with Gasteiger partial charge in [-0.2, -0.15) is 0 Å². The molecule has 0 atom stereocenters. The number of amides is 6. The highest BCUT2D eigenvalue weighted by atomic mass is 16.5. The first kappa shape index (κ1) is 55.5. The number of methoxy groups -OCH3 is 3. The summed E-state index contributed by atoms with van der Waals surface area (Å²) >= 11 is 0. The van der Waals surface area contributed by atoms with Crippen molar-refractivity contribution in [2.24, 2.45) is 0 Å². The highest BCUT2D eigenvalue weighted by Crippen LogP contribution is 2.26. The molecule has 0 fully saturated rings. The number of rotatable bonds is 10. The number of nitrogens with one attached hydrogen (secondary N) is 8. The van der Waals surface area contributed by atoms with Gasteiger partial charge in [0.2, 0.25) is 0 Å². The van der Waals surface area contributed by atoms with Crippen molar-refractivity contribution >= 4 is 35.4 Å². The number of carbonyl (C=O) groups excluding carboxylic acids is 6. The maximum atomic E-state index is 13.8. The van der Waals surface area contributed by atoms with Gasteiger partial charge in [0, 0.05) is 131 Å². The zero-order valence-electron chi connectivity index (χ0n) is 41.5. The Balaban J connectivity index is 1.52. The molecule has 6 rings (SSSR count). The van der Waals surface area contributed by atoms with Gasteiger partial charge in [0.15, 0.2) is 0 Å². The first-order chi connectivity index (χ1) is 34.5. The Labute approximate surface area is 415 Å². The fourth-order valence-corrected chi connectivity index (χ4v) is 8.37. The molecule has 0 saturated carbocycles. The normalized spacial score (nSPS) is 19.6. The SMILES string of the molecule is CNCCN1CCNC(=O)c2cccc(c2OC)C(=O)NCCN(CCNCO)CCN2CCNC(=O)c3cccc(c3OC)C(=O)NCCN(CCNC(=O)c3cccc(c3OC)C(=O)NCC2)CC1. The van der Waals surface area contributed by atoms with E-state index in [1.807, 2.05) is 7.05 Å². The van der Waals surface area contributed by atoms with E-state index in [0.717, 1.165) is 0 Å². The lowest BCUT2D eigenvalue weighted by molar-refractivity contribution is 0.0916. The summed E-state index contributed by atoms with van der Waals surface area (Å²) in [5, 5.41) is 33.5. The molecule has 22 nitrogen and oxygen atoms in total. The highest BCUT2D eigenvalue weighted by Gasteiger charge is 2.24. The van der Waals surface area contributed by atoms with Gasteiger partial charge < -0.3 is 56.5 Å². The Kier molecular flexibility index (Phi) is 23.2. The van der Waals surface area contributed by atoms with Gasteiger partial charge in [0.25, 0.3) is 35.4 Å². The number of hydrogen-bond acceptors (Lipinski definition) is 16. The van der Waals surface area contributed by atoms with Crippen LogP contribution in [-0.2, 0) is 0 Å². The summed E-state index contributed by atoms with van der Waals surface area (Å²) in [5.74, 6) is -2.11. The van der Waals surface area contributed by atoms with Crippen molar-refractivity contribution in [3.8, 4) is 17.2 Å². The van der Waals surface area contributed by atoms with Gasteiger partial charge in [-0.1, -0.05) is 18.2 Å². The van der Waals surface area contributed by atoms with Crippen LogP contribution in [0, 0.1) is 0 Å². The lowest BCUT2D eigenvalue weighted by Gasteiger charge is -2.28. The van der Waals surface area contributed by atoms with Crippen molar-refractivity contribution in [3.05, 3.63) is 88.0 Å². The summed E-state index contributed by atoms with van der Waals surface area (Å²) in [6.45, 7) is 7.80. The van der Waals surface area contributed by atoms with E-state index in [1.54, 1.807) is 54.6 Å². The molecule has 71 heavy (non-hydrogen) atoms. The zero-order valence-corrected chi connectivity index (χ0v) is 41.5. The minimum atomic E-state index is -0.434. The van der Waals surface area contributed by atoms with Crippen molar-refractivity contribution in [2.75, 3.05) is 166 Å². The van der Waals surface area contributed by atoms with Gasteiger partial charge >= 0.3 is 0 Å². The van der Waals surface area contributed by atoms with Crippen LogP contribution in [0.15, 0.2) is 54.6 Å². The van der Waals surface area contributed by atoms with Crippen LogP contribution in [0.5, 0.6) is 17.2 Å². The fourth-order valence-electron chi connectivity index (χ4n) is 8.37. The molecular weight excluding hydrogens is 917 g/mol. The predicted octanol–water partition coefficient (Wildman–Crippen LogP) is -1.51. The summed E-state index contributed by atoms with van der Waals surface area (Å²) < 4.78 is 17.0. The number of fused-ring (bicyclic) bond motifs is 24. The molecular formula is C49H72N12O10. The van der Waals surface area contributed by atoms with Gasteiger partial charge in [0.05, 0.1) is 61.4 Å². The Morgan fingerprint density at radius 1 is 0.437 bits per heavy atom. The van der Waals surface area contributed by atoms with Crippen LogP contribution in [0.25, 0.3) is 0 Å². The Hall–Kier alpha value is -6.40. The average Bonchev–Trinajstić information content (AvgIpc) is 3.38. The number of para-hydroxylation sites is 3. The van der Waals surface area contributed by atoms with Crippen molar-refractivity contribution in [1.29, 1.82) is 0 Å². The van der Waals surface area contributed by atoms with Crippen LogP contribution in [0.3, 0.4) is 0 Å². The van der Waals surface area contributed by atoms with Crippen molar-refractivity contribution in [3.63, 3.8) is 0 Å². The van der Waals surface area contributed by atoms with Crippen LogP contribution >= 0.6 is 0 Å². The number of likely N-dealkylation sites (N-methyl/N-ethyl adjacent to an activating group) is 1. The molecule has 0 spiro atoms. The molecule has 9 N–H and O–H groups in total. The molecule has 3 aliphatic rings. The van der Waals surface area contributed by atoms with Crippen LogP contribution in [-0.4, -0.2) is 226 Å². The van der Waals surface area contributed by atoms with Gasteiger partial charge in [-0.3, -0.25) is 53.7 Å². The number of ether oxygens (including phenoxy) is 3. The molecule has 8 bridgehead atoms. The quantitative estimate of drug-likeness (QED) is 0.0827. The maximum Gasteiger partial charge on any atom is 0.255 e. The van der Waals surface area contributed by atoms with E-state index in [4.69, 9.17) is 14.2 Å². The van der Waals surface area contributed by atoms with E-state index < -0.39 is 35.4 Å². The zero-order chi connectivity index (χ0) is 51.0. The van der Waals surface area contributed by atoms with E-state index in [9.17, 15) is 33.9 Å². The molecule has 3 heterocycles. The van der Waals surface area contributed by atoms with Crippen molar-refractivity contribution < 1.29 is 48.1 Å². The topological polar surface area (TPSA) is 260 Å². The maximum absolute atomic E-state index is 13.8. The molecule has 0 aliphatic carbocycles. The second-order valence-electron chi connectivity index (χ2n) is 16.8. The van der Waals surface area contributed by atoms with Gasteiger partial charge in [0.1, 0.15) is 17.2 Å². The third kappa shape index (κ3) is 16.6. The number of carbonyl (C=O) groups is 6. The number of benzene rings is 3. The number of aliphatic hydroxyl groups excluding tert-OH is 1. The molecule has 0 radical (unpaired) electrons. The van der Waals surface area contributed by atoms with E-state index in [0.29, 0.717) is 91.6 Å². The first-order valence-electron chi connectivity index (χ1n) is 24.1. The van der Waals surface area contributed by atoms with E-state index in [-0.39, 0.29) is 96.6 Å². The van der Waals surface area contributed by atoms with Crippen molar-refractivity contribution in [1.82, 2.24) is 62.1 Å².